The molecule has 0 atom stereocenters. The van der Waals surface area contributed by atoms with Gasteiger partial charge in [0.05, 0.1) is 12.7 Å². The highest BCUT2D eigenvalue weighted by Crippen LogP contribution is 2.34. The minimum absolute atomic E-state index is 0.142. The number of hydrogen-bond acceptors (Lipinski definition) is 5. The van der Waals surface area contributed by atoms with E-state index < -0.39 is 0 Å². The van der Waals surface area contributed by atoms with E-state index in [-0.39, 0.29) is 19.1 Å². The number of rotatable bonds is 7. The van der Waals surface area contributed by atoms with Crippen molar-refractivity contribution in [3.63, 3.8) is 0 Å². The number of methoxy groups -OCH3 is 1. The Labute approximate surface area is 174 Å². The topological polar surface area (TPSA) is 80.9 Å². The van der Waals surface area contributed by atoms with Crippen LogP contribution in [0.2, 0.25) is 5.02 Å². The second kappa shape index (κ2) is 9.03. The van der Waals surface area contributed by atoms with Gasteiger partial charge >= 0.3 is 0 Å². The van der Waals surface area contributed by atoms with Crippen LogP contribution in [0.3, 0.4) is 0 Å². The van der Waals surface area contributed by atoms with Crippen molar-refractivity contribution in [2.45, 2.75) is 20.5 Å². The van der Waals surface area contributed by atoms with Crippen LogP contribution in [0.15, 0.2) is 46.9 Å². The van der Waals surface area contributed by atoms with Crippen molar-refractivity contribution in [2.24, 2.45) is 0 Å². The first-order valence-corrected chi connectivity index (χ1v) is 9.36. The number of aliphatic hydroxyl groups excluding tert-OH is 1. The SMILES string of the molecule is COc1ccc(NC(=O)COc2cc(C)c(Cl)c(C)c2)cc1-c1ccc(CO)o1. The van der Waals surface area contributed by atoms with Gasteiger partial charge in [-0.25, -0.2) is 0 Å². The number of hydrogen-bond donors (Lipinski definition) is 2. The predicted octanol–water partition coefficient (Wildman–Crippen LogP) is 4.74. The minimum atomic E-state index is -0.304. The molecule has 0 aliphatic carbocycles. The van der Waals surface area contributed by atoms with Crippen molar-refractivity contribution in [1.29, 1.82) is 0 Å². The molecule has 0 spiro atoms. The number of ether oxygens (including phenoxy) is 2. The fourth-order valence-corrected chi connectivity index (χ4v) is 3.03. The molecule has 29 heavy (non-hydrogen) atoms. The van der Waals surface area contributed by atoms with Gasteiger partial charge in [0.15, 0.2) is 6.61 Å². The highest BCUT2D eigenvalue weighted by molar-refractivity contribution is 6.32. The van der Waals surface area contributed by atoms with Crippen LogP contribution in [0.25, 0.3) is 11.3 Å². The van der Waals surface area contributed by atoms with Gasteiger partial charge in [0, 0.05) is 10.7 Å². The summed E-state index contributed by atoms with van der Waals surface area (Å²) in [6, 6.07) is 12.2. The molecule has 3 aromatic rings. The van der Waals surface area contributed by atoms with Crippen molar-refractivity contribution < 1.29 is 23.8 Å². The highest BCUT2D eigenvalue weighted by Gasteiger charge is 2.13. The maximum atomic E-state index is 12.3. The maximum Gasteiger partial charge on any atom is 0.262 e. The smallest absolute Gasteiger partial charge is 0.262 e. The summed E-state index contributed by atoms with van der Waals surface area (Å²) in [5, 5.41) is 12.7. The molecular formula is C22H22ClNO5. The molecule has 2 aromatic carbocycles. The number of furan rings is 1. The molecule has 1 heterocycles. The van der Waals surface area contributed by atoms with Crippen LogP contribution in [0.5, 0.6) is 11.5 Å². The van der Waals surface area contributed by atoms with Crippen molar-refractivity contribution >= 4 is 23.2 Å². The van der Waals surface area contributed by atoms with Gasteiger partial charge in [-0.3, -0.25) is 4.79 Å². The van der Waals surface area contributed by atoms with E-state index >= 15 is 0 Å². The molecule has 0 unspecified atom stereocenters. The second-order valence-corrected chi connectivity index (χ2v) is 6.93. The van der Waals surface area contributed by atoms with Gasteiger partial charge in [0.2, 0.25) is 0 Å². The summed E-state index contributed by atoms with van der Waals surface area (Å²) in [7, 11) is 1.55. The molecule has 2 N–H and O–H groups in total. The average Bonchev–Trinajstić information content (AvgIpc) is 3.19. The molecule has 0 aliphatic heterocycles. The Balaban J connectivity index is 1.71. The third-order valence-electron chi connectivity index (χ3n) is 4.35. The van der Waals surface area contributed by atoms with Gasteiger partial charge in [0.1, 0.15) is 29.6 Å². The van der Waals surface area contributed by atoms with E-state index in [0.717, 1.165) is 11.1 Å². The first kappa shape index (κ1) is 20.8. The molecule has 0 saturated carbocycles. The van der Waals surface area contributed by atoms with Crippen LogP contribution < -0.4 is 14.8 Å². The fourth-order valence-electron chi connectivity index (χ4n) is 2.92. The molecule has 1 amide bonds. The number of aryl methyl sites for hydroxylation is 2. The van der Waals surface area contributed by atoms with Gasteiger partial charge in [-0.05, 0) is 67.4 Å². The largest absolute Gasteiger partial charge is 0.496 e. The fraction of sp³-hybridized carbons (Fsp3) is 0.227. The number of carbonyl (C=O) groups is 1. The summed E-state index contributed by atoms with van der Waals surface area (Å²) < 4.78 is 16.5. The Bertz CT molecular complexity index is 1000. The van der Waals surface area contributed by atoms with Crippen LogP contribution in [-0.2, 0) is 11.4 Å². The Hall–Kier alpha value is -2.96. The zero-order chi connectivity index (χ0) is 21.0. The first-order valence-electron chi connectivity index (χ1n) is 8.98. The average molecular weight is 416 g/mol. The Morgan fingerprint density at radius 1 is 1.14 bits per heavy atom. The zero-order valence-corrected chi connectivity index (χ0v) is 17.2. The van der Waals surface area contributed by atoms with Gasteiger partial charge in [-0.2, -0.15) is 0 Å². The van der Waals surface area contributed by atoms with E-state index in [9.17, 15) is 9.90 Å². The standard InChI is InChI=1S/C22H22ClNO5/c1-13-8-17(9-14(2)22(13)23)28-12-21(26)24-15-4-6-19(27-3)18(10-15)20-7-5-16(11-25)29-20/h4-10,25H,11-12H2,1-3H3,(H,24,26). The van der Waals surface area contributed by atoms with E-state index in [2.05, 4.69) is 5.32 Å². The molecule has 0 radical (unpaired) electrons. The van der Waals surface area contributed by atoms with Crippen molar-refractivity contribution in [1.82, 2.24) is 0 Å². The van der Waals surface area contributed by atoms with Crippen LogP contribution in [0.4, 0.5) is 5.69 Å². The lowest BCUT2D eigenvalue weighted by Gasteiger charge is -2.12. The summed E-state index contributed by atoms with van der Waals surface area (Å²) in [6.45, 7) is 3.44. The molecule has 3 rings (SSSR count). The van der Waals surface area contributed by atoms with Crippen LogP contribution in [-0.4, -0.2) is 24.7 Å². The number of benzene rings is 2. The molecule has 0 saturated heterocycles. The molecule has 0 aliphatic rings. The lowest BCUT2D eigenvalue weighted by molar-refractivity contribution is -0.118. The molecular weight excluding hydrogens is 394 g/mol. The molecule has 0 fully saturated rings. The van der Waals surface area contributed by atoms with E-state index in [1.165, 1.54) is 0 Å². The Morgan fingerprint density at radius 3 is 2.48 bits per heavy atom. The van der Waals surface area contributed by atoms with Gasteiger partial charge in [-0.15, -0.1) is 0 Å². The van der Waals surface area contributed by atoms with Gasteiger partial charge in [-0.1, -0.05) is 11.6 Å². The number of halogens is 1. The van der Waals surface area contributed by atoms with Crippen LogP contribution in [0, 0.1) is 13.8 Å². The number of aliphatic hydroxyl groups is 1. The normalized spacial score (nSPS) is 10.7. The van der Waals surface area contributed by atoms with Crippen molar-refractivity contribution in [3.8, 4) is 22.8 Å². The van der Waals surface area contributed by atoms with E-state index in [0.29, 0.717) is 39.3 Å². The number of amides is 1. The maximum absolute atomic E-state index is 12.3. The van der Waals surface area contributed by atoms with Crippen molar-refractivity contribution in [2.75, 3.05) is 19.0 Å². The molecule has 7 heteroatoms. The van der Waals surface area contributed by atoms with Gasteiger partial charge in [0.25, 0.3) is 5.91 Å². The molecule has 152 valence electrons. The minimum Gasteiger partial charge on any atom is -0.496 e. The van der Waals surface area contributed by atoms with Crippen molar-refractivity contribution in [3.05, 3.63) is 64.4 Å². The van der Waals surface area contributed by atoms with E-state index in [4.69, 9.17) is 25.5 Å². The molecule has 1 aromatic heterocycles. The summed E-state index contributed by atoms with van der Waals surface area (Å²) >= 11 is 6.15. The van der Waals surface area contributed by atoms with Gasteiger partial charge < -0.3 is 24.3 Å². The Morgan fingerprint density at radius 2 is 1.86 bits per heavy atom. The third kappa shape index (κ3) is 4.91. The molecule has 0 bridgehead atoms. The third-order valence-corrected chi connectivity index (χ3v) is 4.94. The van der Waals surface area contributed by atoms with Crippen LogP contribution in [0.1, 0.15) is 16.9 Å². The second-order valence-electron chi connectivity index (χ2n) is 6.55. The van der Waals surface area contributed by atoms with Crippen LogP contribution >= 0.6 is 11.6 Å². The number of anilines is 1. The molecule has 6 nitrogen and oxygen atoms in total. The Kier molecular flexibility index (Phi) is 6.46. The summed E-state index contributed by atoms with van der Waals surface area (Å²) in [5.74, 6) is 1.85. The number of carbonyl (C=O) groups excluding carboxylic acids is 1. The van der Waals surface area contributed by atoms with E-state index in [1.807, 2.05) is 13.8 Å². The first-order chi connectivity index (χ1) is 13.9. The predicted molar refractivity (Wildman–Crippen MR) is 112 cm³/mol. The lowest BCUT2D eigenvalue weighted by atomic mass is 10.1. The monoisotopic (exact) mass is 415 g/mol. The quantitative estimate of drug-likeness (QED) is 0.582. The number of nitrogens with one attached hydrogen (secondary N) is 1. The lowest BCUT2D eigenvalue weighted by Crippen LogP contribution is -2.20. The van der Waals surface area contributed by atoms with E-state index in [1.54, 1.807) is 49.6 Å². The highest BCUT2D eigenvalue weighted by atomic mass is 35.5. The summed E-state index contributed by atoms with van der Waals surface area (Å²) in [4.78, 5) is 12.3. The summed E-state index contributed by atoms with van der Waals surface area (Å²) in [5.41, 5.74) is 3.01. The summed E-state index contributed by atoms with van der Waals surface area (Å²) in [6.07, 6.45) is 0. The zero-order valence-electron chi connectivity index (χ0n) is 16.4.